The molecule has 1 aromatic carbocycles. The van der Waals surface area contributed by atoms with Crippen molar-refractivity contribution in [1.82, 2.24) is 0 Å². The van der Waals surface area contributed by atoms with Crippen LogP contribution in [0.1, 0.15) is 31.4 Å². The van der Waals surface area contributed by atoms with Crippen LogP contribution in [-0.4, -0.2) is 33.9 Å². The topological polar surface area (TPSA) is 50.5 Å². The van der Waals surface area contributed by atoms with Crippen LogP contribution in [0.2, 0.25) is 0 Å². The molecule has 4 nitrogen and oxygen atoms in total. The molecule has 112 valence electrons. The Balaban J connectivity index is 2.18. The second-order valence-corrected chi connectivity index (χ2v) is 5.80. The van der Waals surface area contributed by atoms with Crippen LogP contribution >= 0.6 is 0 Å². The molecule has 0 radical (unpaired) electrons. The maximum absolute atomic E-state index is 5.42. The number of nitrogens with one attached hydrogen (secondary N) is 1. The van der Waals surface area contributed by atoms with E-state index in [1.807, 2.05) is 6.07 Å². The summed E-state index contributed by atoms with van der Waals surface area (Å²) in [6.07, 6.45) is 2.64. The van der Waals surface area contributed by atoms with Gasteiger partial charge in [-0.3, -0.25) is 0 Å². The molecule has 2 rings (SSSR count). The van der Waals surface area contributed by atoms with Crippen LogP contribution in [0.5, 0.6) is 11.5 Å². The quantitative estimate of drug-likeness (QED) is 0.815. The van der Waals surface area contributed by atoms with Gasteiger partial charge in [0.25, 0.3) is 0 Å². The molecule has 0 unspecified atom stereocenters. The van der Waals surface area contributed by atoms with Gasteiger partial charge < -0.3 is 20.1 Å². The average molecular weight is 280 g/mol. The van der Waals surface area contributed by atoms with Crippen LogP contribution in [0.15, 0.2) is 18.2 Å². The number of piperidine rings is 1. The van der Waals surface area contributed by atoms with Crippen molar-refractivity contribution in [1.29, 1.82) is 0 Å². The minimum absolute atomic E-state index is 0.460. The fraction of sp³-hybridized carbons (Fsp3) is 0.625. The zero-order chi connectivity index (χ0) is 14.5. The maximum Gasteiger partial charge on any atom is 0.163 e. The summed E-state index contributed by atoms with van der Waals surface area (Å²) in [5.74, 6) is 2.48. The van der Waals surface area contributed by atoms with Gasteiger partial charge in [-0.25, -0.2) is 0 Å². The van der Waals surface area contributed by atoms with Crippen molar-refractivity contribution in [2.45, 2.75) is 25.8 Å². The van der Waals surface area contributed by atoms with Crippen LogP contribution < -0.4 is 20.1 Å². The Morgan fingerprint density at radius 2 is 1.85 bits per heavy atom. The molecule has 0 spiro atoms. The molecule has 0 aromatic heterocycles. The monoisotopic (exact) mass is 280 g/mol. The molecule has 1 aromatic rings. The largest absolute Gasteiger partial charge is 0.493 e. The summed E-state index contributed by atoms with van der Waals surface area (Å²) in [7, 11) is 3.37. The van der Waals surface area contributed by atoms with Gasteiger partial charge in [0, 0.05) is 5.56 Å². The van der Waals surface area contributed by atoms with E-state index in [1.54, 1.807) is 19.1 Å². The molecule has 1 saturated heterocycles. The standard InChI is InChI=1S/C16H26N2O2/c1-12-6-8-18(9-7-12)14(11-17)13-4-5-15(19-2)16(10-13)20-3/h4-5,10,12,14H,6-9,11,17H2,1-3H3/p+2/t14-/m0/s1. The molecule has 4 heteroatoms. The highest BCUT2D eigenvalue weighted by Crippen LogP contribution is 2.29. The van der Waals surface area contributed by atoms with Crippen LogP contribution in [-0.2, 0) is 0 Å². The van der Waals surface area contributed by atoms with E-state index in [0.717, 1.165) is 24.0 Å². The average Bonchev–Trinajstić information content (AvgIpc) is 2.49. The molecule has 0 bridgehead atoms. The first kappa shape index (κ1) is 15.1. The first-order chi connectivity index (χ1) is 9.69. The first-order valence-electron chi connectivity index (χ1n) is 7.55. The summed E-state index contributed by atoms with van der Waals surface area (Å²) in [6, 6.07) is 6.73. The molecule has 20 heavy (non-hydrogen) atoms. The zero-order valence-electron chi connectivity index (χ0n) is 12.9. The van der Waals surface area contributed by atoms with Crippen molar-refractivity contribution in [3.63, 3.8) is 0 Å². The van der Waals surface area contributed by atoms with E-state index in [-0.39, 0.29) is 0 Å². The lowest BCUT2D eigenvalue weighted by Crippen LogP contribution is -3.14. The zero-order valence-corrected chi connectivity index (χ0v) is 12.9. The molecule has 1 aliphatic heterocycles. The number of methoxy groups -OCH3 is 2. The van der Waals surface area contributed by atoms with Gasteiger partial charge in [-0.15, -0.1) is 0 Å². The molecule has 0 aliphatic carbocycles. The molecule has 4 N–H and O–H groups in total. The van der Waals surface area contributed by atoms with Gasteiger partial charge in [0.1, 0.15) is 6.54 Å². The number of hydrogen-bond donors (Lipinski definition) is 2. The normalized spacial score (nSPS) is 24.2. The summed E-state index contributed by atoms with van der Waals surface area (Å²) in [5, 5.41) is 0. The third kappa shape index (κ3) is 3.25. The lowest BCUT2D eigenvalue weighted by Gasteiger charge is -2.32. The fourth-order valence-corrected chi connectivity index (χ4v) is 3.16. The van der Waals surface area contributed by atoms with Crippen LogP contribution in [0.3, 0.4) is 0 Å². The minimum Gasteiger partial charge on any atom is -0.493 e. The molecular weight excluding hydrogens is 252 g/mol. The Morgan fingerprint density at radius 3 is 2.40 bits per heavy atom. The van der Waals surface area contributed by atoms with Gasteiger partial charge in [-0.05, 0) is 37.0 Å². The lowest BCUT2D eigenvalue weighted by molar-refractivity contribution is -0.943. The molecular formula is C16H28N2O2+2. The summed E-state index contributed by atoms with van der Waals surface area (Å²) in [5.41, 5.74) is 5.47. The van der Waals surface area contributed by atoms with Crippen molar-refractivity contribution in [2.24, 2.45) is 5.92 Å². The first-order valence-corrected chi connectivity index (χ1v) is 7.55. The fourth-order valence-electron chi connectivity index (χ4n) is 3.16. The predicted octanol–water partition coefficient (Wildman–Crippen LogP) is 0.302. The molecule has 1 aliphatic rings. The Hall–Kier alpha value is -1.26. The highest BCUT2D eigenvalue weighted by Gasteiger charge is 2.29. The third-order valence-corrected chi connectivity index (χ3v) is 4.51. The van der Waals surface area contributed by atoms with E-state index in [0.29, 0.717) is 6.04 Å². The highest BCUT2D eigenvalue weighted by molar-refractivity contribution is 5.43. The second kappa shape index (κ2) is 6.95. The van der Waals surface area contributed by atoms with Crippen LogP contribution in [0.25, 0.3) is 0 Å². The molecule has 0 amide bonds. The van der Waals surface area contributed by atoms with Gasteiger partial charge in [0.15, 0.2) is 17.5 Å². The number of quaternary nitrogens is 2. The summed E-state index contributed by atoms with van der Waals surface area (Å²) in [4.78, 5) is 1.66. The Morgan fingerprint density at radius 1 is 1.20 bits per heavy atom. The van der Waals surface area contributed by atoms with Gasteiger partial charge in [-0.2, -0.15) is 0 Å². The SMILES string of the molecule is COc1ccc([C@H](C[NH3+])[NH+]2CCC(C)CC2)cc1OC. The predicted molar refractivity (Wildman–Crippen MR) is 79.1 cm³/mol. The van der Waals surface area contributed by atoms with Gasteiger partial charge in [0.2, 0.25) is 0 Å². The Kier molecular flexibility index (Phi) is 5.26. The van der Waals surface area contributed by atoms with Crippen LogP contribution in [0.4, 0.5) is 0 Å². The van der Waals surface area contributed by atoms with Crippen molar-refractivity contribution in [3.8, 4) is 11.5 Å². The Bertz CT molecular complexity index is 428. The molecule has 1 atom stereocenters. The van der Waals surface area contributed by atoms with E-state index < -0.39 is 0 Å². The van der Waals surface area contributed by atoms with Crippen molar-refractivity contribution in [3.05, 3.63) is 23.8 Å². The highest BCUT2D eigenvalue weighted by atomic mass is 16.5. The van der Waals surface area contributed by atoms with Gasteiger partial charge in [-0.1, -0.05) is 6.92 Å². The summed E-state index contributed by atoms with van der Waals surface area (Å²) in [6.45, 7) is 5.76. The lowest BCUT2D eigenvalue weighted by atomic mass is 9.95. The minimum atomic E-state index is 0.460. The van der Waals surface area contributed by atoms with Crippen molar-refractivity contribution >= 4 is 0 Å². The molecule has 1 fully saturated rings. The van der Waals surface area contributed by atoms with Gasteiger partial charge >= 0.3 is 0 Å². The third-order valence-electron chi connectivity index (χ3n) is 4.51. The van der Waals surface area contributed by atoms with E-state index in [4.69, 9.17) is 9.47 Å². The Labute approximate surface area is 121 Å². The number of hydrogen-bond acceptors (Lipinski definition) is 2. The van der Waals surface area contributed by atoms with E-state index in [9.17, 15) is 0 Å². The van der Waals surface area contributed by atoms with Crippen molar-refractivity contribution in [2.75, 3.05) is 33.9 Å². The summed E-state index contributed by atoms with van der Waals surface area (Å²) < 4.78 is 10.7. The second-order valence-electron chi connectivity index (χ2n) is 5.80. The number of rotatable bonds is 5. The van der Waals surface area contributed by atoms with Crippen LogP contribution in [0, 0.1) is 5.92 Å². The van der Waals surface area contributed by atoms with E-state index in [2.05, 4.69) is 24.8 Å². The van der Waals surface area contributed by atoms with E-state index in [1.165, 1.54) is 31.5 Å². The number of ether oxygens (including phenoxy) is 2. The molecule has 1 heterocycles. The number of benzene rings is 1. The number of likely N-dealkylation sites (tertiary alicyclic amines) is 1. The van der Waals surface area contributed by atoms with Gasteiger partial charge in [0.05, 0.1) is 27.3 Å². The summed E-state index contributed by atoms with van der Waals surface area (Å²) >= 11 is 0. The van der Waals surface area contributed by atoms with E-state index >= 15 is 0 Å². The molecule has 0 saturated carbocycles. The smallest absolute Gasteiger partial charge is 0.163 e. The van der Waals surface area contributed by atoms with Crippen molar-refractivity contribution < 1.29 is 20.1 Å². The maximum atomic E-state index is 5.42.